The van der Waals surface area contributed by atoms with E-state index < -0.39 is 0 Å². The van der Waals surface area contributed by atoms with Crippen LogP contribution in [-0.2, 0) is 13.1 Å². The van der Waals surface area contributed by atoms with E-state index in [0.29, 0.717) is 24.7 Å². The third-order valence-electron chi connectivity index (χ3n) is 2.90. The van der Waals surface area contributed by atoms with Crippen LogP contribution in [0.4, 0.5) is 0 Å². The number of hydrogen-bond acceptors (Lipinski definition) is 4. The first-order valence-electron chi connectivity index (χ1n) is 6.22. The van der Waals surface area contributed by atoms with Crippen LogP contribution in [-0.4, -0.2) is 27.3 Å². The summed E-state index contributed by atoms with van der Waals surface area (Å²) < 4.78 is 7.15. The molecule has 19 heavy (non-hydrogen) atoms. The number of ether oxygens (including phenoxy) is 1. The molecule has 6 nitrogen and oxygen atoms in total. The van der Waals surface area contributed by atoms with Crippen LogP contribution in [0.1, 0.15) is 22.6 Å². The average Bonchev–Trinajstić information content (AvgIpc) is 2.90. The van der Waals surface area contributed by atoms with Gasteiger partial charge in [0.25, 0.3) is 5.91 Å². The highest BCUT2D eigenvalue weighted by Gasteiger charge is 2.17. The van der Waals surface area contributed by atoms with Gasteiger partial charge in [0.1, 0.15) is 0 Å². The molecule has 0 atom stereocenters. The van der Waals surface area contributed by atoms with Crippen molar-refractivity contribution in [2.24, 2.45) is 0 Å². The topological polar surface area (TPSA) is 69.0 Å². The molecule has 0 unspecified atom stereocenters. The molecule has 2 aromatic heterocycles. The molecule has 6 heteroatoms. The van der Waals surface area contributed by atoms with E-state index in [4.69, 9.17) is 4.74 Å². The summed E-state index contributed by atoms with van der Waals surface area (Å²) in [6.07, 6.45) is 2.62. The second-order valence-corrected chi connectivity index (χ2v) is 4.30. The molecule has 0 saturated carbocycles. The predicted octanol–water partition coefficient (Wildman–Crippen LogP) is 0.991. The van der Waals surface area contributed by atoms with Crippen LogP contribution in [0.5, 0.6) is 5.88 Å². The van der Waals surface area contributed by atoms with Crippen molar-refractivity contribution in [3.05, 3.63) is 41.9 Å². The Morgan fingerprint density at radius 3 is 3.21 bits per heavy atom. The Morgan fingerprint density at radius 2 is 2.42 bits per heavy atom. The van der Waals surface area contributed by atoms with Crippen LogP contribution in [0, 0.1) is 0 Å². The summed E-state index contributed by atoms with van der Waals surface area (Å²) in [5, 5.41) is 7.01. The zero-order valence-electron chi connectivity index (χ0n) is 10.4. The second kappa shape index (κ2) is 5.09. The molecule has 0 aromatic carbocycles. The molecule has 2 aromatic rings. The van der Waals surface area contributed by atoms with Crippen molar-refractivity contribution in [1.29, 1.82) is 0 Å². The molecule has 3 rings (SSSR count). The molecule has 98 valence electrons. The fourth-order valence-electron chi connectivity index (χ4n) is 1.94. The van der Waals surface area contributed by atoms with Crippen LogP contribution >= 0.6 is 0 Å². The maximum Gasteiger partial charge on any atom is 0.272 e. The lowest BCUT2D eigenvalue weighted by molar-refractivity contribution is 0.0944. The molecule has 1 aliphatic heterocycles. The highest BCUT2D eigenvalue weighted by molar-refractivity contribution is 5.92. The standard InChI is InChI=1S/C13H14N4O2/c18-13(15-9-10-4-1-2-5-14-10)11-8-12-17(16-11)6-3-7-19-12/h1-2,4-5,8H,3,6-7,9H2,(H,15,18). The van der Waals surface area contributed by atoms with Crippen LogP contribution in [0.15, 0.2) is 30.5 Å². The number of fused-ring (bicyclic) bond motifs is 1. The van der Waals surface area contributed by atoms with Gasteiger partial charge in [0.05, 0.1) is 18.8 Å². The van der Waals surface area contributed by atoms with E-state index in [-0.39, 0.29) is 5.91 Å². The normalized spacial score (nSPS) is 13.5. The Morgan fingerprint density at radius 1 is 1.47 bits per heavy atom. The first kappa shape index (κ1) is 11.7. The minimum Gasteiger partial charge on any atom is -0.478 e. The Hall–Kier alpha value is -2.37. The van der Waals surface area contributed by atoms with Gasteiger partial charge in [-0.1, -0.05) is 6.07 Å². The lowest BCUT2D eigenvalue weighted by Gasteiger charge is -2.13. The van der Waals surface area contributed by atoms with Crippen molar-refractivity contribution in [2.45, 2.75) is 19.5 Å². The van der Waals surface area contributed by atoms with Crippen LogP contribution < -0.4 is 10.1 Å². The molecule has 0 radical (unpaired) electrons. The number of aryl methyl sites for hydroxylation is 1. The molecule has 0 fully saturated rings. The average molecular weight is 258 g/mol. The van der Waals surface area contributed by atoms with Gasteiger partial charge in [0.15, 0.2) is 5.69 Å². The minimum absolute atomic E-state index is 0.212. The molecular weight excluding hydrogens is 244 g/mol. The largest absolute Gasteiger partial charge is 0.478 e. The van der Waals surface area contributed by atoms with Gasteiger partial charge in [0.2, 0.25) is 5.88 Å². The Balaban J connectivity index is 1.65. The highest BCUT2D eigenvalue weighted by atomic mass is 16.5. The summed E-state index contributed by atoms with van der Waals surface area (Å²) in [6, 6.07) is 7.26. The number of carbonyl (C=O) groups excluding carboxylic acids is 1. The summed E-state index contributed by atoms with van der Waals surface area (Å²) >= 11 is 0. The van der Waals surface area contributed by atoms with Crippen molar-refractivity contribution in [3.8, 4) is 5.88 Å². The van der Waals surface area contributed by atoms with E-state index >= 15 is 0 Å². The van der Waals surface area contributed by atoms with Crippen molar-refractivity contribution in [1.82, 2.24) is 20.1 Å². The van der Waals surface area contributed by atoms with E-state index in [1.54, 1.807) is 16.9 Å². The van der Waals surface area contributed by atoms with Crippen molar-refractivity contribution < 1.29 is 9.53 Å². The van der Waals surface area contributed by atoms with Gasteiger partial charge < -0.3 is 10.1 Å². The quantitative estimate of drug-likeness (QED) is 0.891. The maximum atomic E-state index is 12.0. The second-order valence-electron chi connectivity index (χ2n) is 4.30. The molecule has 0 saturated heterocycles. The van der Waals surface area contributed by atoms with E-state index in [9.17, 15) is 4.79 Å². The first-order valence-corrected chi connectivity index (χ1v) is 6.22. The number of pyridine rings is 1. The number of hydrogen-bond donors (Lipinski definition) is 1. The molecule has 1 aliphatic rings. The third-order valence-corrected chi connectivity index (χ3v) is 2.90. The number of rotatable bonds is 3. The van der Waals surface area contributed by atoms with Gasteiger partial charge in [-0.15, -0.1) is 0 Å². The molecule has 1 N–H and O–H groups in total. The predicted molar refractivity (Wildman–Crippen MR) is 67.7 cm³/mol. The number of nitrogens with zero attached hydrogens (tertiary/aromatic N) is 3. The van der Waals surface area contributed by atoms with E-state index in [1.807, 2.05) is 18.2 Å². The molecule has 0 bridgehead atoms. The lowest BCUT2D eigenvalue weighted by atomic mass is 10.3. The highest BCUT2D eigenvalue weighted by Crippen LogP contribution is 2.18. The van der Waals surface area contributed by atoms with E-state index in [2.05, 4.69) is 15.4 Å². The van der Waals surface area contributed by atoms with Gasteiger partial charge in [-0.3, -0.25) is 9.78 Å². The van der Waals surface area contributed by atoms with Gasteiger partial charge in [-0.25, -0.2) is 4.68 Å². The first-order chi connectivity index (χ1) is 9.33. The van der Waals surface area contributed by atoms with Crippen molar-refractivity contribution >= 4 is 5.91 Å². The summed E-state index contributed by atoms with van der Waals surface area (Å²) in [5.41, 5.74) is 1.20. The summed E-state index contributed by atoms with van der Waals surface area (Å²) in [4.78, 5) is 16.1. The SMILES string of the molecule is O=C(NCc1ccccn1)c1cc2n(n1)CCCO2. The van der Waals surface area contributed by atoms with Crippen LogP contribution in [0.25, 0.3) is 0 Å². The number of amides is 1. The minimum atomic E-state index is -0.212. The lowest BCUT2D eigenvalue weighted by Crippen LogP contribution is -2.24. The molecule has 0 spiro atoms. The third kappa shape index (κ3) is 2.57. The smallest absolute Gasteiger partial charge is 0.272 e. The van der Waals surface area contributed by atoms with Crippen molar-refractivity contribution in [2.75, 3.05) is 6.61 Å². The summed E-state index contributed by atoms with van der Waals surface area (Å²) in [7, 11) is 0. The van der Waals surface area contributed by atoms with E-state index in [1.165, 1.54) is 0 Å². The zero-order valence-corrected chi connectivity index (χ0v) is 10.4. The molecule has 3 heterocycles. The fourth-order valence-corrected chi connectivity index (χ4v) is 1.94. The van der Waals surface area contributed by atoms with E-state index in [0.717, 1.165) is 18.7 Å². The molecule has 0 aliphatic carbocycles. The van der Waals surface area contributed by atoms with Gasteiger partial charge in [-0.05, 0) is 12.1 Å². The summed E-state index contributed by atoms with van der Waals surface area (Å²) in [5.74, 6) is 0.449. The van der Waals surface area contributed by atoms with Crippen LogP contribution in [0.2, 0.25) is 0 Å². The van der Waals surface area contributed by atoms with Crippen molar-refractivity contribution in [3.63, 3.8) is 0 Å². The number of carbonyl (C=O) groups is 1. The van der Waals surface area contributed by atoms with Gasteiger partial charge in [-0.2, -0.15) is 5.10 Å². The Labute approximate surface area is 110 Å². The molecule has 1 amide bonds. The Kier molecular flexibility index (Phi) is 3.14. The zero-order chi connectivity index (χ0) is 13.1. The van der Waals surface area contributed by atoms with Gasteiger partial charge >= 0.3 is 0 Å². The summed E-state index contributed by atoms with van der Waals surface area (Å²) in [6.45, 7) is 1.87. The fraction of sp³-hybridized carbons (Fsp3) is 0.308. The number of aromatic nitrogens is 3. The number of nitrogens with one attached hydrogen (secondary N) is 1. The van der Waals surface area contributed by atoms with Gasteiger partial charge in [0, 0.05) is 25.2 Å². The Bertz CT molecular complexity index is 556. The maximum absolute atomic E-state index is 12.0. The molecular formula is C13H14N4O2. The monoisotopic (exact) mass is 258 g/mol. The van der Waals surface area contributed by atoms with Crippen LogP contribution in [0.3, 0.4) is 0 Å².